The van der Waals surface area contributed by atoms with Gasteiger partial charge in [0.1, 0.15) is 0 Å². The van der Waals surface area contributed by atoms with Crippen LogP contribution in [-0.2, 0) is 9.53 Å². The molecule has 0 N–H and O–H groups in total. The predicted molar refractivity (Wildman–Crippen MR) is 76.2 cm³/mol. The highest BCUT2D eigenvalue weighted by molar-refractivity contribution is 9.10. The summed E-state index contributed by atoms with van der Waals surface area (Å²) < 4.78 is 6.01. The highest BCUT2D eigenvalue weighted by atomic mass is 79.9. The summed E-state index contributed by atoms with van der Waals surface area (Å²) in [4.78, 5) is 12.5. The van der Waals surface area contributed by atoms with Crippen molar-refractivity contribution in [3.8, 4) is 0 Å². The van der Waals surface area contributed by atoms with Crippen LogP contribution < -0.4 is 0 Å². The van der Waals surface area contributed by atoms with Crippen LogP contribution in [0.1, 0.15) is 38.0 Å². The van der Waals surface area contributed by atoms with Gasteiger partial charge in [-0.2, -0.15) is 0 Å². The number of carbonyl (C=O) groups excluding carboxylic acids is 1. The summed E-state index contributed by atoms with van der Waals surface area (Å²) >= 11 is 5.17. The van der Waals surface area contributed by atoms with Gasteiger partial charge in [0.05, 0.1) is 6.61 Å². The maximum absolute atomic E-state index is 11.2. The summed E-state index contributed by atoms with van der Waals surface area (Å²) in [6.07, 6.45) is 4.33. The van der Waals surface area contributed by atoms with Crippen molar-refractivity contribution in [1.29, 1.82) is 0 Å². The third kappa shape index (κ3) is 5.04. The lowest BCUT2D eigenvalue weighted by Gasteiger charge is -2.02. The van der Waals surface area contributed by atoms with Gasteiger partial charge < -0.3 is 4.74 Å². The van der Waals surface area contributed by atoms with E-state index in [0.29, 0.717) is 13.0 Å². The Kier molecular flexibility index (Phi) is 6.52. The molecule has 0 fully saturated rings. The first-order chi connectivity index (χ1) is 8.17. The van der Waals surface area contributed by atoms with Crippen molar-refractivity contribution in [3.05, 3.63) is 26.9 Å². The Labute approximate surface area is 115 Å². The van der Waals surface area contributed by atoms with Crippen LogP contribution in [0, 0.1) is 0 Å². The van der Waals surface area contributed by atoms with E-state index in [2.05, 4.69) is 40.4 Å². The SMILES string of the molecule is CCOC(=O)CCC=C(CC)c1cc(Br)cs1. The van der Waals surface area contributed by atoms with Crippen LogP contribution >= 0.6 is 27.3 Å². The van der Waals surface area contributed by atoms with Gasteiger partial charge in [-0.15, -0.1) is 11.3 Å². The minimum Gasteiger partial charge on any atom is -0.466 e. The Morgan fingerprint density at radius 1 is 1.53 bits per heavy atom. The first-order valence-corrected chi connectivity index (χ1v) is 7.43. The highest BCUT2D eigenvalue weighted by Crippen LogP contribution is 2.28. The molecule has 17 heavy (non-hydrogen) atoms. The minimum atomic E-state index is -0.119. The Bertz CT molecular complexity index is 396. The van der Waals surface area contributed by atoms with Crippen molar-refractivity contribution in [1.82, 2.24) is 0 Å². The van der Waals surface area contributed by atoms with E-state index in [1.54, 1.807) is 11.3 Å². The molecular weight excluding hydrogens is 300 g/mol. The molecule has 0 aliphatic rings. The average Bonchev–Trinajstić information content (AvgIpc) is 2.71. The van der Waals surface area contributed by atoms with Crippen LogP contribution in [0.2, 0.25) is 0 Å². The number of hydrogen-bond acceptors (Lipinski definition) is 3. The molecule has 0 amide bonds. The lowest BCUT2D eigenvalue weighted by atomic mass is 10.1. The minimum absolute atomic E-state index is 0.119. The van der Waals surface area contributed by atoms with Crippen LogP contribution in [-0.4, -0.2) is 12.6 Å². The molecule has 1 aromatic heterocycles. The van der Waals surface area contributed by atoms with Gasteiger partial charge in [-0.05, 0) is 47.3 Å². The summed E-state index contributed by atoms with van der Waals surface area (Å²) in [7, 11) is 0. The maximum Gasteiger partial charge on any atom is 0.306 e. The summed E-state index contributed by atoms with van der Waals surface area (Å²) in [5, 5.41) is 2.07. The summed E-state index contributed by atoms with van der Waals surface area (Å²) in [6.45, 7) is 4.42. The van der Waals surface area contributed by atoms with Crippen LogP contribution in [0.5, 0.6) is 0 Å². The van der Waals surface area contributed by atoms with Gasteiger partial charge in [0.25, 0.3) is 0 Å². The number of halogens is 1. The Morgan fingerprint density at radius 2 is 2.29 bits per heavy atom. The normalized spacial score (nSPS) is 11.6. The second-order valence-electron chi connectivity index (χ2n) is 3.56. The molecule has 4 heteroatoms. The number of carbonyl (C=O) groups is 1. The molecule has 0 saturated carbocycles. The van der Waals surface area contributed by atoms with E-state index in [1.807, 2.05) is 6.92 Å². The third-order valence-corrected chi connectivity index (χ3v) is 4.08. The van der Waals surface area contributed by atoms with Crippen molar-refractivity contribution in [2.24, 2.45) is 0 Å². The van der Waals surface area contributed by atoms with Gasteiger partial charge >= 0.3 is 5.97 Å². The zero-order valence-electron chi connectivity index (χ0n) is 10.2. The zero-order chi connectivity index (χ0) is 12.7. The smallest absolute Gasteiger partial charge is 0.306 e. The number of thiophene rings is 1. The maximum atomic E-state index is 11.2. The quantitative estimate of drug-likeness (QED) is 0.714. The van der Waals surface area contributed by atoms with E-state index in [0.717, 1.165) is 17.3 Å². The Morgan fingerprint density at radius 3 is 2.82 bits per heavy atom. The summed E-state index contributed by atoms with van der Waals surface area (Å²) in [5.74, 6) is -0.119. The molecule has 0 unspecified atom stereocenters. The van der Waals surface area contributed by atoms with Crippen LogP contribution in [0.4, 0.5) is 0 Å². The van der Waals surface area contributed by atoms with Crippen molar-refractivity contribution < 1.29 is 9.53 Å². The molecule has 94 valence electrons. The number of rotatable bonds is 6. The summed E-state index contributed by atoms with van der Waals surface area (Å²) in [6, 6.07) is 2.12. The first kappa shape index (κ1) is 14.5. The molecule has 0 aliphatic carbocycles. The zero-order valence-corrected chi connectivity index (χ0v) is 12.6. The predicted octanol–water partition coefficient (Wildman–Crippen LogP) is 4.65. The molecule has 0 radical (unpaired) electrons. The van der Waals surface area contributed by atoms with E-state index in [1.165, 1.54) is 10.5 Å². The van der Waals surface area contributed by atoms with Gasteiger partial charge in [-0.3, -0.25) is 4.79 Å². The van der Waals surface area contributed by atoms with E-state index >= 15 is 0 Å². The Hall–Kier alpha value is -0.610. The first-order valence-electron chi connectivity index (χ1n) is 5.76. The molecule has 0 spiro atoms. The monoisotopic (exact) mass is 316 g/mol. The molecule has 0 atom stereocenters. The van der Waals surface area contributed by atoms with E-state index in [9.17, 15) is 4.79 Å². The van der Waals surface area contributed by atoms with E-state index in [4.69, 9.17) is 4.74 Å². The molecule has 0 saturated heterocycles. The van der Waals surface area contributed by atoms with Crippen LogP contribution in [0.25, 0.3) is 5.57 Å². The molecule has 2 nitrogen and oxygen atoms in total. The second kappa shape index (κ2) is 7.67. The number of ether oxygens (including phenoxy) is 1. The number of hydrogen-bond donors (Lipinski definition) is 0. The molecule has 1 rings (SSSR count). The molecular formula is C13H17BrO2S. The van der Waals surface area contributed by atoms with Crippen LogP contribution in [0.15, 0.2) is 22.0 Å². The molecule has 1 aromatic rings. The van der Waals surface area contributed by atoms with Crippen molar-refractivity contribution in [2.45, 2.75) is 33.1 Å². The van der Waals surface area contributed by atoms with Crippen LogP contribution in [0.3, 0.4) is 0 Å². The second-order valence-corrected chi connectivity index (χ2v) is 5.38. The standard InChI is InChI=1S/C13H17BrO2S/c1-3-10(12-8-11(14)9-17-12)6-5-7-13(15)16-4-2/h6,8-9H,3-5,7H2,1-2H3. The van der Waals surface area contributed by atoms with Gasteiger partial charge in [0, 0.05) is 21.2 Å². The highest BCUT2D eigenvalue weighted by Gasteiger charge is 2.04. The van der Waals surface area contributed by atoms with Gasteiger partial charge in [-0.25, -0.2) is 0 Å². The third-order valence-electron chi connectivity index (χ3n) is 2.31. The Balaban J connectivity index is 2.53. The molecule has 0 aliphatic heterocycles. The fourth-order valence-corrected chi connectivity index (χ4v) is 3.04. The topological polar surface area (TPSA) is 26.3 Å². The average molecular weight is 317 g/mol. The fourth-order valence-electron chi connectivity index (χ4n) is 1.50. The lowest BCUT2D eigenvalue weighted by Crippen LogP contribution is -2.02. The van der Waals surface area contributed by atoms with E-state index < -0.39 is 0 Å². The molecule has 0 bridgehead atoms. The van der Waals surface area contributed by atoms with Crippen molar-refractivity contribution in [3.63, 3.8) is 0 Å². The largest absolute Gasteiger partial charge is 0.466 e. The number of esters is 1. The van der Waals surface area contributed by atoms with Crippen molar-refractivity contribution >= 4 is 38.8 Å². The van der Waals surface area contributed by atoms with E-state index in [-0.39, 0.29) is 5.97 Å². The molecule has 1 heterocycles. The lowest BCUT2D eigenvalue weighted by molar-refractivity contribution is -0.142. The molecule has 0 aromatic carbocycles. The van der Waals surface area contributed by atoms with Gasteiger partial charge in [-0.1, -0.05) is 13.0 Å². The fraction of sp³-hybridized carbons (Fsp3) is 0.462. The number of allylic oxidation sites excluding steroid dienone is 2. The van der Waals surface area contributed by atoms with Crippen molar-refractivity contribution in [2.75, 3.05) is 6.61 Å². The van der Waals surface area contributed by atoms with Gasteiger partial charge in [0.2, 0.25) is 0 Å². The van der Waals surface area contributed by atoms with Gasteiger partial charge in [0.15, 0.2) is 0 Å². The summed E-state index contributed by atoms with van der Waals surface area (Å²) in [5.41, 5.74) is 1.30.